The third-order valence-electron chi connectivity index (χ3n) is 2.22. The van der Waals surface area contributed by atoms with Crippen LogP contribution in [-0.2, 0) is 6.54 Å². The zero-order valence-corrected chi connectivity index (χ0v) is 9.49. The number of nitrogens with two attached hydrogens (primary N) is 1. The van der Waals surface area contributed by atoms with Gasteiger partial charge in [0.1, 0.15) is 11.6 Å². The van der Waals surface area contributed by atoms with Crippen LogP contribution in [0, 0.1) is 5.82 Å². The SMILES string of the molecule is Nc1ccc(=O)n(Cc2cc(Cl)ccc2F)n1. The fourth-order valence-electron chi connectivity index (χ4n) is 1.40. The molecule has 4 nitrogen and oxygen atoms in total. The highest BCUT2D eigenvalue weighted by molar-refractivity contribution is 6.30. The third-order valence-corrected chi connectivity index (χ3v) is 2.45. The fraction of sp³-hybridized carbons (Fsp3) is 0.0909. The second kappa shape index (κ2) is 4.55. The summed E-state index contributed by atoms with van der Waals surface area (Å²) in [5, 5.41) is 4.21. The number of rotatable bonds is 2. The molecule has 2 N–H and O–H groups in total. The quantitative estimate of drug-likeness (QED) is 0.886. The molecule has 0 radical (unpaired) electrons. The summed E-state index contributed by atoms with van der Waals surface area (Å²) in [5.74, 6) is -0.238. The maximum atomic E-state index is 13.5. The molecular formula is C11H9ClFN3O. The minimum absolute atomic E-state index is 0.00370. The highest BCUT2D eigenvalue weighted by atomic mass is 35.5. The Morgan fingerprint density at radius 2 is 2.12 bits per heavy atom. The zero-order valence-electron chi connectivity index (χ0n) is 8.73. The van der Waals surface area contributed by atoms with Crippen molar-refractivity contribution in [1.29, 1.82) is 0 Å². The summed E-state index contributed by atoms with van der Waals surface area (Å²) in [4.78, 5) is 11.5. The van der Waals surface area contributed by atoms with Crippen molar-refractivity contribution in [3.05, 3.63) is 57.1 Å². The number of hydrogen-bond acceptors (Lipinski definition) is 3. The molecule has 0 atom stereocenters. The van der Waals surface area contributed by atoms with Crippen molar-refractivity contribution in [3.63, 3.8) is 0 Å². The molecule has 0 aliphatic rings. The number of halogens is 2. The predicted molar refractivity (Wildman–Crippen MR) is 63.4 cm³/mol. The molecule has 2 rings (SSSR count). The van der Waals surface area contributed by atoms with Crippen molar-refractivity contribution < 1.29 is 4.39 Å². The maximum absolute atomic E-state index is 13.5. The highest BCUT2D eigenvalue weighted by Crippen LogP contribution is 2.15. The maximum Gasteiger partial charge on any atom is 0.267 e. The average molecular weight is 254 g/mol. The molecule has 1 aromatic heterocycles. The van der Waals surface area contributed by atoms with Gasteiger partial charge < -0.3 is 5.73 Å². The summed E-state index contributed by atoms with van der Waals surface area (Å²) >= 11 is 5.75. The summed E-state index contributed by atoms with van der Waals surface area (Å²) in [6, 6.07) is 6.82. The topological polar surface area (TPSA) is 60.9 Å². The lowest BCUT2D eigenvalue weighted by Crippen LogP contribution is -2.23. The van der Waals surface area contributed by atoms with Crippen LogP contribution in [-0.4, -0.2) is 9.78 Å². The monoisotopic (exact) mass is 253 g/mol. The molecule has 0 saturated carbocycles. The molecule has 0 fully saturated rings. The molecule has 17 heavy (non-hydrogen) atoms. The largest absolute Gasteiger partial charge is 0.382 e. The van der Waals surface area contributed by atoms with E-state index in [1.807, 2.05) is 0 Å². The van der Waals surface area contributed by atoms with Gasteiger partial charge in [0.15, 0.2) is 0 Å². The van der Waals surface area contributed by atoms with Crippen LogP contribution < -0.4 is 11.3 Å². The Morgan fingerprint density at radius 1 is 1.35 bits per heavy atom. The van der Waals surface area contributed by atoms with Crippen LogP contribution in [0.1, 0.15) is 5.56 Å². The molecule has 0 bridgehead atoms. The molecule has 0 unspecified atom stereocenters. The Labute approximate surface area is 101 Å². The van der Waals surface area contributed by atoms with Gasteiger partial charge in [0.2, 0.25) is 0 Å². The molecule has 2 aromatic rings. The molecule has 0 saturated heterocycles. The van der Waals surface area contributed by atoms with E-state index in [0.717, 1.165) is 4.68 Å². The van der Waals surface area contributed by atoms with Crippen LogP contribution in [0.15, 0.2) is 35.1 Å². The van der Waals surface area contributed by atoms with Gasteiger partial charge in [0.05, 0.1) is 6.54 Å². The van der Waals surface area contributed by atoms with Gasteiger partial charge in [-0.25, -0.2) is 9.07 Å². The van der Waals surface area contributed by atoms with Gasteiger partial charge in [0, 0.05) is 16.7 Å². The van der Waals surface area contributed by atoms with Crippen molar-refractivity contribution in [2.24, 2.45) is 0 Å². The van der Waals surface area contributed by atoms with Crippen LogP contribution in [0.2, 0.25) is 5.02 Å². The lowest BCUT2D eigenvalue weighted by Gasteiger charge is -2.06. The van der Waals surface area contributed by atoms with E-state index in [1.165, 1.54) is 30.3 Å². The van der Waals surface area contributed by atoms with E-state index in [-0.39, 0.29) is 23.5 Å². The standard InChI is InChI=1S/C11H9ClFN3O/c12-8-1-2-9(13)7(5-8)6-16-11(17)4-3-10(14)15-16/h1-5H,6H2,(H2,14,15). The minimum atomic E-state index is -0.439. The number of hydrogen-bond donors (Lipinski definition) is 1. The number of anilines is 1. The van der Waals surface area contributed by atoms with Gasteiger partial charge >= 0.3 is 0 Å². The summed E-state index contributed by atoms with van der Waals surface area (Å²) in [7, 11) is 0. The van der Waals surface area contributed by atoms with E-state index in [1.54, 1.807) is 0 Å². The minimum Gasteiger partial charge on any atom is -0.382 e. The zero-order chi connectivity index (χ0) is 12.4. The molecule has 0 amide bonds. The van der Waals surface area contributed by atoms with E-state index in [4.69, 9.17) is 17.3 Å². The Kier molecular flexibility index (Phi) is 3.10. The number of nitrogen functional groups attached to an aromatic ring is 1. The predicted octanol–water partition coefficient (Wildman–Crippen LogP) is 1.67. The molecule has 0 aliphatic carbocycles. The first kappa shape index (κ1) is 11.6. The number of nitrogens with zero attached hydrogens (tertiary/aromatic N) is 2. The van der Waals surface area contributed by atoms with E-state index in [9.17, 15) is 9.18 Å². The Hall–Kier alpha value is -1.88. The molecule has 1 heterocycles. The first-order valence-electron chi connectivity index (χ1n) is 4.84. The van der Waals surface area contributed by atoms with E-state index in [2.05, 4.69) is 5.10 Å². The highest BCUT2D eigenvalue weighted by Gasteiger charge is 2.06. The second-order valence-corrected chi connectivity index (χ2v) is 3.93. The van der Waals surface area contributed by atoms with Gasteiger partial charge in [-0.05, 0) is 24.3 Å². The van der Waals surface area contributed by atoms with Crippen LogP contribution in [0.3, 0.4) is 0 Å². The summed E-state index contributed by atoms with van der Waals surface area (Å²) < 4.78 is 14.5. The van der Waals surface area contributed by atoms with Gasteiger partial charge in [-0.3, -0.25) is 4.79 Å². The molecular weight excluding hydrogens is 245 g/mol. The van der Waals surface area contributed by atoms with Crippen LogP contribution in [0.4, 0.5) is 10.2 Å². The van der Waals surface area contributed by atoms with Crippen LogP contribution >= 0.6 is 11.6 Å². The Bertz CT molecular complexity index is 612. The summed E-state index contributed by atoms with van der Waals surface area (Å²) in [5.41, 5.74) is 5.40. The Balaban J connectivity index is 2.41. The van der Waals surface area contributed by atoms with Crippen LogP contribution in [0.25, 0.3) is 0 Å². The summed E-state index contributed by atoms with van der Waals surface area (Å²) in [6.45, 7) is -0.00370. The van der Waals surface area contributed by atoms with Crippen molar-refractivity contribution in [2.45, 2.75) is 6.54 Å². The van der Waals surface area contributed by atoms with Crippen molar-refractivity contribution in [2.75, 3.05) is 5.73 Å². The first-order valence-corrected chi connectivity index (χ1v) is 5.21. The van der Waals surface area contributed by atoms with Crippen molar-refractivity contribution in [3.8, 4) is 0 Å². The molecule has 0 spiro atoms. The van der Waals surface area contributed by atoms with Gasteiger partial charge in [-0.15, -0.1) is 0 Å². The third kappa shape index (κ3) is 2.62. The van der Waals surface area contributed by atoms with Crippen LogP contribution in [0.5, 0.6) is 0 Å². The molecule has 6 heteroatoms. The molecule has 1 aromatic carbocycles. The van der Waals surface area contributed by atoms with Crippen molar-refractivity contribution >= 4 is 17.4 Å². The normalized spacial score (nSPS) is 10.5. The second-order valence-electron chi connectivity index (χ2n) is 3.49. The molecule has 0 aliphatic heterocycles. The van der Waals surface area contributed by atoms with E-state index >= 15 is 0 Å². The number of benzene rings is 1. The lowest BCUT2D eigenvalue weighted by atomic mass is 10.2. The lowest BCUT2D eigenvalue weighted by molar-refractivity contribution is 0.574. The molecule has 88 valence electrons. The summed E-state index contributed by atoms with van der Waals surface area (Å²) in [6.07, 6.45) is 0. The Morgan fingerprint density at radius 3 is 2.88 bits per heavy atom. The van der Waals surface area contributed by atoms with E-state index < -0.39 is 5.82 Å². The smallest absolute Gasteiger partial charge is 0.267 e. The van der Waals surface area contributed by atoms with Gasteiger partial charge in [0.25, 0.3) is 5.56 Å². The van der Waals surface area contributed by atoms with Crippen molar-refractivity contribution in [1.82, 2.24) is 9.78 Å². The fourth-order valence-corrected chi connectivity index (χ4v) is 1.60. The van der Waals surface area contributed by atoms with Gasteiger partial charge in [-0.2, -0.15) is 5.10 Å². The average Bonchev–Trinajstić information content (AvgIpc) is 2.28. The first-order chi connectivity index (χ1) is 8.06. The number of aromatic nitrogens is 2. The van der Waals surface area contributed by atoms with Gasteiger partial charge in [-0.1, -0.05) is 11.6 Å². The van der Waals surface area contributed by atoms with E-state index in [0.29, 0.717) is 5.02 Å².